The van der Waals surface area contributed by atoms with Crippen LogP contribution in [0.5, 0.6) is 0 Å². The van der Waals surface area contributed by atoms with Gasteiger partial charge in [-0.1, -0.05) is 6.07 Å². The molecule has 21 heavy (non-hydrogen) atoms. The summed E-state index contributed by atoms with van der Waals surface area (Å²) in [7, 11) is 1.51. The first-order chi connectivity index (χ1) is 9.88. The summed E-state index contributed by atoms with van der Waals surface area (Å²) in [6.45, 7) is 3.58. The second-order valence-electron chi connectivity index (χ2n) is 5.21. The zero-order valence-electron chi connectivity index (χ0n) is 11.8. The van der Waals surface area contributed by atoms with Gasteiger partial charge in [0.05, 0.1) is 11.5 Å². The molecule has 0 bridgehead atoms. The van der Waals surface area contributed by atoms with Gasteiger partial charge >= 0.3 is 0 Å². The lowest BCUT2D eigenvalue weighted by atomic mass is 10.0. The minimum absolute atomic E-state index is 0.0298. The molecular weight excluding hydrogens is 314 g/mol. The van der Waals surface area contributed by atoms with E-state index in [4.69, 9.17) is 15.4 Å². The molecule has 0 saturated carbocycles. The number of hydrogen-bond acceptors (Lipinski definition) is 4. The summed E-state index contributed by atoms with van der Waals surface area (Å²) in [5, 5.41) is 2.81. The van der Waals surface area contributed by atoms with Crippen LogP contribution in [0.3, 0.4) is 0 Å². The highest BCUT2D eigenvalue weighted by molar-refractivity contribution is 8.13. The Morgan fingerprint density at radius 2 is 2.24 bits per heavy atom. The van der Waals surface area contributed by atoms with Crippen LogP contribution in [-0.4, -0.2) is 34.1 Å². The number of aryl methyl sites for hydroxylation is 1. The summed E-state index contributed by atoms with van der Waals surface area (Å²) in [6, 6.07) is 4.48. The van der Waals surface area contributed by atoms with Crippen LogP contribution in [0.4, 0.5) is 0 Å². The van der Waals surface area contributed by atoms with Crippen LogP contribution in [0.15, 0.2) is 23.1 Å². The first-order valence-electron chi connectivity index (χ1n) is 6.79. The van der Waals surface area contributed by atoms with Gasteiger partial charge in [0, 0.05) is 29.4 Å². The van der Waals surface area contributed by atoms with Gasteiger partial charge in [-0.25, -0.2) is 8.42 Å². The van der Waals surface area contributed by atoms with E-state index in [9.17, 15) is 13.2 Å². The lowest BCUT2D eigenvalue weighted by Crippen LogP contribution is -2.33. The molecule has 1 aromatic rings. The van der Waals surface area contributed by atoms with E-state index in [0.717, 1.165) is 19.4 Å². The van der Waals surface area contributed by atoms with E-state index < -0.39 is 9.05 Å². The topological polar surface area (TPSA) is 72.5 Å². The predicted molar refractivity (Wildman–Crippen MR) is 80.1 cm³/mol. The van der Waals surface area contributed by atoms with Gasteiger partial charge in [0.2, 0.25) is 0 Å². The summed E-state index contributed by atoms with van der Waals surface area (Å²) in [5.41, 5.74) is 0.804. The van der Waals surface area contributed by atoms with Gasteiger partial charge in [-0.3, -0.25) is 4.79 Å². The van der Waals surface area contributed by atoms with Crippen LogP contribution >= 0.6 is 10.7 Å². The third kappa shape index (κ3) is 4.43. The average Bonchev–Trinajstić information content (AvgIpc) is 2.45. The van der Waals surface area contributed by atoms with Crippen molar-refractivity contribution >= 4 is 25.6 Å². The van der Waals surface area contributed by atoms with Crippen LogP contribution in [-0.2, 0) is 13.8 Å². The highest BCUT2D eigenvalue weighted by Gasteiger charge is 2.18. The van der Waals surface area contributed by atoms with Gasteiger partial charge in [-0.15, -0.1) is 0 Å². The molecule has 1 aliphatic heterocycles. The van der Waals surface area contributed by atoms with Gasteiger partial charge in [0.15, 0.2) is 0 Å². The molecule has 1 unspecified atom stereocenters. The lowest BCUT2D eigenvalue weighted by Gasteiger charge is -2.22. The third-order valence-corrected chi connectivity index (χ3v) is 4.98. The van der Waals surface area contributed by atoms with Crippen LogP contribution in [0.2, 0.25) is 0 Å². The van der Waals surface area contributed by atoms with E-state index >= 15 is 0 Å². The maximum absolute atomic E-state index is 12.1. The smallest absolute Gasteiger partial charge is 0.261 e. The summed E-state index contributed by atoms with van der Waals surface area (Å²) < 4.78 is 28.3. The molecule has 1 atom stereocenters. The number of ether oxygens (including phenoxy) is 1. The van der Waals surface area contributed by atoms with Gasteiger partial charge in [0.1, 0.15) is 0 Å². The third-order valence-electron chi connectivity index (χ3n) is 3.52. The largest absolute Gasteiger partial charge is 0.381 e. The highest BCUT2D eigenvalue weighted by Crippen LogP contribution is 2.21. The van der Waals surface area contributed by atoms with E-state index in [-0.39, 0.29) is 16.4 Å². The van der Waals surface area contributed by atoms with E-state index in [0.29, 0.717) is 24.6 Å². The van der Waals surface area contributed by atoms with Crippen LogP contribution < -0.4 is 5.32 Å². The van der Waals surface area contributed by atoms with Crippen LogP contribution in [0, 0.1) is 12.8 Å². The monoisotopic (exact) mass is 331 g/mol. The molecule has 5 nitrogen and oxygen atoms in total. The van der Waals surface area contributed by atoms with Gasteiger partial charge in [-0.05, 0) is 43.4 Å². The molecule has 0 aliphatic carbocycles. The second-order valence-corrected chi connectivity index (χ2v) is 7.75. The lowest BCUT2D eigenvalue weighted by molar-refractivity contribution is 0.0536. The van der Waals surface area contributed by atoms with Crippen molar-refractivity contribution in [1.29, 1.82) is 0 Å². The molecule has 1 fully saturated rings. The van der Waals surface area contributed by atoms with Crippen molar-refractivity contribution in [3.8, 4) is 0 Å². The summed E-state index contributed by atoms with van der Waals surface area (Å²) in [4.78, 5) is 12.1. The summed E-state index contributed by atoms with van der Waals surface area (Å²) in [6.07, 6.45) is 2.02. The van der Waals surface area contributed by atoms with Crippen molar-refractivity contribution in [2.45, 2.75) is 24.7 Å². The maximum atomic E-state index is 12.1. The molecule has 1 saturated heterocycles. The molecule has 1 N–H and O–H groups in total. The number of carbonyl (C=O) groups is 1. The number of rotatable bonds is 4. The molecule has 1 heterocycles. The Morgan fingerprint density at radius 1 is 1.48 bits per heavy atom. The quantitative estimate of drug-likeness (QED) is 0.857. The fraction of sp³-hybridized carbons (Fsp3) is 0.500. The molecule has 1 aromatic carbocycles. The Labute approximate surface area is 129 Å². The van der Waals surface area contributed by atoms with Crippen LogP contribution in [0.1, 0.15) is 28.8 Å². The Hall–Kier alpha value is -1.11. The minimum atomic E-state index is -3.85. The van der Waals surface area contributed by atoms with E-state index in [1.165, 1.54) is 6.07 Å². The first kappa shape index (κ1) is 16.3. The van der Waals surface area contributed by atoms with Crippen molar-refractivity contribution < 1.29 is 17.9 Å². The van der Waals surface area contributed by atoms with Crippen molar-refractivity contribution in [2.24, 2.45) is 5.92 Å². The Kier molecular flexibility index (Phi) is 5.24. The minimum Gasteiger partial charge on any atom is -0.381 e. The van der Waals surface area contributed by atoms with Crippen molar-refractivity contribution in [1.82, 2.24) is 5.32 Å². The molecular formula is C14H18ClNO4S. The maximum Gasteiger partial charge on any atom is 0.261 e. The van der Waals surface area contributed by atoms with Crippen molar-refractivity contribution in [3.05, 3.63) is 29.3 Å². The number of amides is 1. The Bertz CT molecular complexity index is 624. The van der Waals surface area contributed by atoms with Crippen molar-refractivity contribution in [2.75, 3.05) is 19.8 Å². The number of nitrogens with one attached hydrogen (secondary N) is 1. The van der Waals surface area contributed by atoms with Gasteiger partial charge in [0.25, 0.3) is 15.0 Å². The standard InChI is InChI=1S/C14H18ClNO4S/c1-10-4-5-12(7-13(10)21(15,18)19)14(17)16-8-11-3-2-6-20-9-11/h4-5,7,11H,2-3,6,8-9H2,1H3,(H,16,17). The van der Waals surface area contributed by atoms with E-state index in [2.05, 4.69) is 5.32 Å². The molecule has 1 amide bonds. The molecule has 0 radical (unpaired) electrons. The first-order valence-corrected chi connectivity index (χ1v) is 9.10. The van der Waals surface area contributed by atoms with Gasteiger partial charge < -0.3 is 10.1 Å². The summed E-state index contributed by atoms with van der Waals surface area (Å²) >= 11 is 0. The number of halogens is 1. The second kappa shape index (κ2) is 6.77. The van der Waals surface area contributed by atoms with Gasteiger partial charge in [-0.2, -0.15) is 0 Å². The molecule has 0 spiro atoms. The van der Waals surface area contributed by atoms with E-state index in [1.807, 2.05) is 0 Å². The fourth-order valence-corrected chi connectivity index (χ4v) is 3.53. The zero-order valence-corrected chi connectivity index (χ0v) is 13.3. The number of benzene rings is 1. The molecule has 7 heteroatoms. The SMILES string of the molecule is Cc1ccc(C(=O)NCC2CCCOC2)cc1S(=O)(=O)Cl. The molecule has 1 aliphatic rings. The molecule has 0 aromatic heterocycles. The highest BCUT2D eigenvalue weighted by atomic mass is 35.7. The Morgan fingerprint density at radius 3 is 2.86 bits per heavy atom. The summed E-state index contributed by atoms with van der Waals surface area (Å²) in [5.74, 6) is 0.00604. The molecule has 116 valence electrons. The van der Waals surface area contributed by atoms with E-state index in [1.54, 1.807) is 19.1 Å². The fourth-order valence-electron chi connectivity index (χ4n) is 2.31. The van der Waals surface area contributed by atoms with Crippen LogP contribution in [0.25, 0.3) is 0 Å². The zero-order chi connectivity index (χ0) is 15.5. The predicted octanol–water partition coefficient (Wildman–Crippen LogP) is 2.08. The Balaban J connectivity index is 2.05. The normalized spacial score (nSPS) is 19.2. The number of hydrogen-bond donors (Lipinski definition) is 1. The molecule has 2 rings (SSSR count). The number of carbonyl (C=O) groups excluding carboxylic acids is 1. The van der Waals surface area contributed by atoms with Crippen molar-refractivity contribution in [3.63, 3.8) is 0 Å². The average molecular weight is 332 g/mol.